The molecular formula is C29H34. The lowest BCUT2D eigenvalue weighted by molar-refractivity contribution is 1.22. The molecule has 0 bridgehead atoms. The Balaban J connectivity index is 0.000000281. The van der Waals surface area contributed by atoms with Crippen LogP contribution in [0, 0.1) is 0 Å². The highest BCUT2D eigenvalue weighted by atomic mass is 14.2. The highest BCUT2D eigenvalue weighted by molar-refractivity contribution is 5.76. The molecule has 0 fully saturated rings. The standard InChI is InChI=1S/C15H20.C13H10.CH4/c1-12(2)7-9-14(5)11-15(6)10-8-13(3)4;1-3-7-12-10(5-1)9-11-6-2-4-8-13(11)12;/h7-10H,1,3,5-6,11H2,2,4H3;1-8H,9H2;1H4/b9-7-,10-8-;;. The molecule has 150 valence electrons. The molecule has 0 atom stereocenters. The molecule has 0 saturated carbocycles. The van der Waals surface area contributed by atoms with E-state index in [1.165, 1.54) is 22.3 Å². The third-order valence-electron chi connectivity index (χ3n) is 4.37. The molecule has 0 spiro atoms. The second-order valence-corrected chi connectivity index (χ2v) is 7.34. The van der Waals surface area contributed by atoms with Crippen LogP contribution < -0.4 is 0 Å². The molecule has 0 nitrogen and oxygen atoms in total. The minimum atomic E-state index is 0. The Morgan fingerprint density at radius 1 is 0.690 bits per heavy atom. The molecule has 0 aliphatic heterocycles. The first-order valence-corrected chi connectivity index (χ1v) is 9.55. The van der Waals surface area contributed by atoms with Crippen molar-refractivity contribution in [1.29, 1.82) is 0 Å². The van der Waals surface area contributed by atoms with Crippen LogP contribution in [0.15, 0.2) is 121 Å². The molecule has 0 heteroatoms. The summed E-state index contributed by atoms with van der Waals surface area (Å²) in [5, 5.41) is 0. The third-order valence-corrected chi connectivity index (χ3v) is 4.37. The molecule has 0 N–H and O–H groups in total. The average molecular weight is 383 g/mol. The smallest absolute Gasteiger partial charge is 0.00135 e. The molecule has 0 saturated heterocycles. The van der Waals surface area contributed by atoms with Crippen LogP contribution in [0.5, 0.6) is 0 Å². The van der Waals surface area contributed by atoms with Gasteiger partial charge in [-0.3, -0.25) is 0 Å². The Labute approximate surface area is 178 Å². The first-order chi connectivity index (χ1) is 13.4. The summed E-state index contributed by atoms with van der Waals surface area (Å²) in [4.78, 5) is 0. The van der Waals surface area contributed by atoms with Gasteiger partial charge in [0.25, 0.3) is 0 Å². The zero-order valence-corrected chi connectivity index (χ0v) is 17.2. The lowest BCUT2D eigenvalue weighted by Crippen LogP contribution is -1.80. The van der Waals surface area contributed by atoms with Crippen molar-refractivity contribution >= 4 is 0 Å². The summed E-state index contributed by atoms with van der Waals surface area (Å²) in [6.45, 7) is 19.4. The molecule has 2 aromatic rings. The SMILES string of the molecule is C.C=C(C)/C=C\C(=C)CC(=C)/C=C\C(=C)C.c1ccc2c(c1)Cc1ccccc1-2. The number of rotatable bonds is 6. The zero-order valence-electron chi connectivity index (χ0n) is 17.2. The van der Waals surface area contributed by atoms with Crippen LogP contribution in [0.1, 0.15) is 38.8 Å². The second-order valence-electron chi connectivity index (χ2n) is 7.34. The van der Waals surface area contributed by atoms with Gasteiger partial charge in [0.2, 0.25) is 0 Å². The largest absolute Gasteiger partial charge is 0.0961 e. The molecule has 1 aliphatic carbocycles. The van der Waals surface area contributed by atoms with E-state index in [0.717, 1.165) is 35.1 Å². The van der Waals surface area contributed by atoms with Gasteiger partial charge in [-0.15, -0.1) is 0 Å². The maximum absolute atomic E-state index is 3.95. The molecule has 0 radical (unpaired) electrons. The first kappa shape index (κ1) is 23.9. The summed E-state index contributed by atoms with van der Waals surface area (Å²) in [6, 6.07) is 17.3. The summed E-state index contributed by atoms with van der Waals surface area (Å²) in [6.07, 6.45) is 9.75. The van der Waals surface area contributed by atoms with Gasteiger partial charge >= 0.3 is 0 Å². The van der Waals surface area contributed by atoms with Crippen LogP contribution in [-0.2, 0) is 6.42 Å². The van der Waals surface area contributed by atoms with Crippen LogP contribution in [-0.4, -0.2) is 0 Å². The van der Waals surface area contributed by atoms with Crippen LogP contribution in [0.4, 0.5) is 0 Å². The second kappa shape index (κ2) is 11.7. The van der Waals surface area contributed by atoms with Crippen molar-refractivity contribution in [3.05, 3.63) is 133 Å². The number of hydrogen-bond acceptors (Lipinski definition) is 0. The van der Waals surface area contributed by atoms with E-state index >= 15 is 0 Å². The Morgan fingerprint density at radius 3 is 1.45 bits per heavy atom. The van der Waals surface area contributed by atoms with Crippen molar-refractivity contribution in [2.75, 3.05) is 0 Å². The van der Waals surface area contributed by atoms with Gasteiger partial charge in [-0.1, -0.05) is 129 Å². The van der Waals surface area contributed by atoms with E-state index < -0.39 is 0 Å². The Hall–Kier alpha value is -3.12. The summed E-state index contributed by atoms with van der Waals surface area (Å²) in [5.41, 5.74) is 9.88. The van der Waals surface area contributed by atoms with E-state index in [9.17, 15) is 0 Å². The van der Waals surface area contributed by atoms with Crippen molar-refractivity contribution in [3.8, 4) is 11.1 Å². The minimum absolute atomic E-state index is 0. The van der Waals surface area contributed by atoms with Crippen molar-refractivity contribution < 1.29 is 0 Å². The number of benzene rings is 2. The molecule has 0 amide bonds. The normalized spacial score (nSPS) is 11.1. The number of fused-ring (bicyclic) bond motifs is 3. The topological polar surface area (TPSA) is 0 Å². The predicted octanol–water partition coefficient (Wildman–Crippen LogP) is 8.65. The molecule has 0 aromatic heterocycles. The van der Waals surface area contributed by atoms with Crippen LogP contribution in [0.3, 0.4) is 0 Å². The monoisotopic (exact) mass is 382 g/mol. The van der Waals surface area contributed by atoms with Crippen LogP contribution in [0.25, 0.3) is 11.1 Å². The summed E-state index contributed by atoms with van der Waals surface area (Å²) < 4.78 is 0. The lowest BCUT2D eigenvalue weighted by atomic mass is 10.1. The zero-order chi connectivity index (χ0) is 20.5. The lowest BCUT2D eigenvalue weighted by Gasteiger charge is -2.00. The van der Waals surface area contributed by atoms with Crippen molar-refractivity contribution in [3.63, 3.8) is 0 Å². The third kappa shape index (κ3) is 7.79. The van der Waals surface area contributed by atoms with Crippen molar-refractivity contribution in [2.24, 2.45) is 0 Å². The van der Waals surface area contributed by atoms with Crippen LogP contribution in [0.2, 0.25) is 0 Å². The molecular weight excluding hydrogens is 348 g/mol. The highest BCUT2D eigenvalue weighted by Crippen LogP contribution is 2.35. The van der Waals surface area contributed by atoms with E-state index in [1.807, 2.05) is 38.2 Å². The highest BCUT2D eigenvalue weighted by Gasteiger charge is 2.15. The number of hydrogen-bond donors (Lipinski definition) is 0. The Kier molecular flexibility index (Phi) is 9.62. The molecule has 0 unspecified atom stereocenters. The van der Waals surface area contributed by atoms with E-state index in [4.69, 9.17) is 0 Å². The van der Waals surface area contributed by atoms with Gasteiger partial charge in [0.15, 0.2) is 0 Å². The summed E-state index contributed by atoms with van der Waals surface area (Å²) in [5.74, 6) is 0. The molecule has 1 aliphatic rings. The first-order valence-electron chi connectivity index (χ1n) is 9.55. The van der Waals surface area contributed by atoms with E-state index in [0.29, 0.717) is 0 Å². The fourth-order valence-corrected chi connectivity index (χ4v) is 3.01. The minimum Gasteiger partial charge on any atom is -0.0961 e. The Morgan fingerprint density at radius 2 is 1.07 bits per heavy atom. The van der Waals surface area contributed by atoms with Crippen molar-refractivity contribution in [2.45, 2.75) is 34.1 Å². The fraction of sp³-hybridized carbons (Fsp3) is 0.172. The van der Waals surface area contributed by atoms with E-state index in [-0.39, 0.29) is 7.43 Å². The fourth-order valence-electron chi connectivity index (χ4n) is 3.01. The quantitative estimate of drug-likeness (QED) is 0.374. The van der Waals surface area contributed by atoms with Gasteiger partial charge in [-0.2, -0.15) is 0 Å². The molecule has 29 heavy (non-hydrogen) atoms. The predicted molar refractivity (Wildman–Crippen MR) is 132 cm³/mol. The van der Waals surface area contributed by atoms with Crippen molar-refractivity contribution in [1.82, 2.24) is 0 Å². The van der Waals surface area contributed by atoms with E-state index in [1.54, 1.807) is 0 Å². The van der Waals surface area contributed by atoms with E-state index in [2.05, 4.69) is 74.8 Å². The van der Waals surface area contributed by atoms with Gasteiger partial charge < -0.3 is 0 Å². The maximum Gasteiger partial charge on any atom is -0.00135 e. The summed E-state index contributed by atoms with van der Waals surface area (Å²) >= 11 is 0. The number of allylic oxidation sites excluding steroid dienone is 8. The van der Waals surface area contributed by atoms with Gasteiger partial charge in [-0.05, 0) is 48.9 Å². The molecule has 0 heterocycles. The van der Waals surface area contributed by atoms with Gasteiger partial charge in [0, 0.05) is 0 Å². The summed E-state index contributed by atoms with van der Waals surface area (Å²) in [7, 11) is 0. The maximum atomic E-state index is 3.95. The van der Waals surface area contributed by atoms with Crippen LogP contribution >= 0.6 is 0 Å². The van der Waals surface area contributed by atoms with Gasteiger partial charge in [-0.25, -0.2) is 0 Å². The van der Waals surface area contributed by atoms with Gasteiger partial charge in [0.1, 0.15) is 0 Å². The Bertz CT molecular complexity index is 870. The van der Waals surface area contributed by atoms with Gasteiger partial charge in [0.05, 0.1) is 0 Å². The molecule has 3 rings (SSSR count). The molecule has 2 aromatic carbocycles. The average Bonchev–Trinajstić information content (AvgIpc) is 3.04.